The first-order valence-corrected chi connectivity index (χ1v) is 8.14. The average Bonchev–Trinajstić information content (AvgIpc) is 3.20. The van der Waals surface area contributed by atoms with E-state index in [4.69, 9.17) is 5.11 Å². The van der Waals surface area contributed by atoms with E-state index in [0.717, 1.165) is 43.3 Å². The monoisotopic (exact) mass is 394 g/mol. The number of methoxy groups -OCH3 is 1. The number of carboxylic acids is 1. The average molecular weight is 394 g/mol. The molecule has 0 aliphatic carbocycles. The lowest BCUT2D eigenvalue weighted by molar-refractivity contribution is -0.135. The highest BCUT2D eigenvalue weighted by molar-refractivity contribution is 5.84. The Morgan fingerprint density at radius 1 is 0.893 bits per heavy atom. The molecule has 1 N–H and O–H groups in total. The van der Waals surface area contributed by atoms with Gasteiger partial charge in [0, 0.05) is 37.6 Å². The quantitative estimate of drug-likeness (QED) is 0.277. The molecule has 0 aliphatic rings. The second kappa shape index (κ2) is 9.75. The Bertz CT molecular complexity index is 994. The third-order valence-corrected chi connectivity index (χ3v) is 3.47. The van der Waals surface area contributed by atoms with Crippen LogP contribution in [0.15, 0.2) is 21.7 Å². The highest BCUT2D eigenvalue weighted by atomic mass is 16.5. The number of carbonyl (C=O) groups excluding carboxylic acids is 1. The number of aromatic nitrogens is 8. The molecule has 0 aromatic carbocycles. The smallest absolute Gasteiger partial charge is 0.367 e. The molecule has 2 heterocycles. The Morgan fingerprint density at radius 2 is 1.39 bits per heavy atom. The summed E-state index contributed by atoms with van der Waals surface area (Å²) in [5, 5.41) is 23.1. The lowest BCUT2D eigenvalue weighted by atomic mass is 10.2. The van der Waals surface area contributed by atoms with Gasteiger partial charge >= 0.3 is 23.3 Å². The van der Waals surface area contributed by atoms with Gasteiger partial charge in [-0.1, -0.05) is 0 Å². The number of aryl methyl sites for hydroxylation is 2. The lowest BCUT2D eigenvalue weighted by Crippen LogP contribution is -2.24. The van der Waals surface area contributed by atoms with Crippen molar-refractivity contribution in [1.82, 2.24) is 39.6 Å². The van der Waals surface area contributed by atoms with Crippen LogP contribution >= 0.6 is 0 Å². The molecule has 0 bridgehead atoms. The Kier molecular flexibility index (Phi) is 7.13. The standard InChI is InChI=1S/C14H18N8O6/c1-28-12(25)6-10-22-14(27)20(16-18-22)8-4-2-3-7-19-13(26)21(17-15-19)9-5-11(23)24/h5-6,9-10H,2-4,7-8H2,1H3,(H,23,24)/b9-5+,10-6+. The molecule has 0 spiro atoms. The molecule has 28 heavy (non-hydrogen) atoms. The number of hydrogen-bond acceptors (Lipinski definition) is 9. The van der Waals surface area contributed by atoms with Crippen molar-refractivity contribution in [2.75, 3.05) is 7.11 Å². The topological polar surface area (TPSA) is 169 Å². The van der Waals surface area contributed by atoms with Crippen LogP contribution in [0.2, 0.25) is 0 Å². The van der Waals surface area contributed by atoms with Crippen molar-refractivity contribution in [3.8, 4) is 0 Å². The maximum atomic E-state index is 12.0. The van der Waals surface area contributed by atoms with E-state index in [9.17, 15) is 19.2 Å². The zero-order chi connectivity index (χ0) is 20.5. The molecule has 0 saturated heterocycles. The minimum absolute atomic E-state index is 0.295. The van der Waals surface area contributed by atoms with Crippen LogP contribution in [0.5, 0.6) is 0 Å². The third-order valence-electron chi connectivity index (χ3n) is 3.47. The number of aliphatic carboxylic acids is 1. The predicted octanol–water partition coefficient (Wildman–Crippen LogP) is -1.74. The van der Waals surface area contributed by atoms with Crippen LogP contribution in [-0.4, -0.2) is 63.7 Å². The molecule has 0 unspecified atom stereocenters. The first kappa shape index (κ1) is 20.5. The normalized spacial score (nSPS) is 11.5. The molecule has 0 saturated carbocycles. The number of hydrogen-bond donors (Lipinski definition) is 1. The van der Waals surface area contributed by atoms with Crippen LogP contribution in [0, 0.1) is 0 Å². The first-order chi connectivity index (χ1) is 13.4. The molecule has 0 aliphatic heterocycles. The van der Waals surface area contributed by atoms with Gasteiger partial charge in [0.25, 0.3) is 0 Å². The number of carboxylic acid groups (broad SMARTS) is 1. The summed E-state index contributed by atoms with van der Waals surface area (Å²) in [6, 6.07) is 0. The molecule has 2 aromatic heterocycles. The fraction of sp³-hybridized carbons (Fsp3) is 0.429. The van der Waals surface area contributed by atoms with Gasteiger partial charge in [-0.05, 0) is 40.1 Å². The third kappa shape index (κ3) is 5.58. The predicted molar refractivity (Wildman–Crippen MR) is 92.7 cm³/mol. The highest BCUT2D eigenvalue weighted by Gasteiger charge is 2.06. The molecule has 2 rings (SSSR count). The highest BCUT2D eigenvalue weighted by Crippen LogP contribution is 1.98. The SMILES string of the molecule is COC(=O)/C=C/n1nnn(CCCCCn2nnn(/C=C/C(=O)O)c2=O)c1=O. The van der Waals surface area contributed by atoms with Crippen LogP contribution in [0.4, 0.5) is 0 Å². The number of tetrazole rings is 2. The van der Waals surface area contributed by atoms with E-state index >= 15 is 0 Å². The Morgan fingerprint density at radius 3 is 1.86 bits per heavy atom. The number of ether oxygens (including phenoxy) is 1. The number of esters is 1. The summed E-state index contributed by atoms with van der Waals surface area (Å²) in [6.45, 7) is 0.608. The number of unbranched alkanes of at least 4 members (excludes halogenated alkanes) is 2. The Labute approximate surface area is 156 Å². The molecule has 0 fully saturated rings. The van der Waals surface area contributed by atoms with Gasteiger partial charge in [-0.2, -0.15) is 18.7 Å². The Hall–Kier alpha value is -3.84. The maximum absolute atomic E-state index is 12.0. The van der Waals surface area contributed by atoms with Crippen molar-refractivity contribution >= 4 is 24.3 Å². The minimum atomic E-state index is -1.20. The fourth-order valence-electron chi connectivity index (χ4n) is 2.07. The van der Waals surface area contributed by atoms with Crippen LogP contribution < -0.4 is 11.4 Å². The van der Waals surface area contributed by atoms with Crippen LogP contribution in [0.25, 0.3) is 12.4 Å². The van der Waals surface area contributed by atoms with Gasteiger partial charge in [-0.3, -0.25) is 0 Å². The van der Waals surface area contributed by atoms with Crippen LogP contribution in [0.3, 0.4) is 0 Å². The van der Waals surface area contributed by atoms with Crippen molar-refractivity contribution in [3.63, 3.8) is 0 Å². The molecular formula is C14H18N8O6. The zero-order valence-corrected chi connectivity index (χ0v) is 14.9. The molecule has 2 aromatic rings. The molecular weight excluding hydrogens is 376 g/mol. The summed E-state index contributed by atoms with van der Waals surface area (Å²) in [6.07, 6.45) is 5.86. The summed E-state index contributed by atoms with van der Waals surface area (Å²) >= 11 is 0. The van der Waals surface area contributed by atoms with Gasteiger partial charge in [0.05, 0.1) is 7.11 Å². The molecule has 0 atom stereocenters. The molecule has 150 valence electrons. The summed E-state index contributed by atoms with van der Waals surface area (Å²) in [5.74, 6) is -1.82. The first-order valence-electron chi connectivity index (χ1n) is 8.14. The largest absolute Gasteiger partial charge is 0.478 e. The number of carbonyl (C=O) groups is 2. The van der Waals surface area contributed by atoms with Crippen molar-refractivity contribution in [2.24, 2.45) is 0 Å². The maximum Gasteiger partial charge on any atom is 0.367 e. The molecule has 14 heteroatoms. The molecule has 0 amide bonds. The van der Waals surface area contributed by atoms with Crippen molar-refractivity contribution in [1.29, 1.82) is 0 Å². The van der Waals surface area contributed by atoms with Crippen LogP contribution in [-0.2, 0) is 27.4 Å². The van der Waals surface area contributed by atoms with E-state index < -0.39 is 23.3 Å². The van der Waals surface area contributed by atoms with E-state index in [2.05, 4.69) is 25.6 Å². The van der Waals surface area contributed by atoms with Crippen LogP contribution in [0.1, 0.15) is 19.3 Å². The molecule has 14 nitrogen and oxygen atoms in total. The van der Waals surface area contributed by atoms with Gasteiger partial charge in [-0.15, -0.1) is 0 Å². The van der Waals surface area contributed by atoms with E-state index in [-0.39, 0.29) is 0 Å². The van der Waals surface area contributed by atoms with E-state index in [1.807, 2.05) is 0 Å². The zero-order valence-electron chi connectivity index (χ0n) is 14.9. The summed E-state index contributed by atoms with van der Waals surface area (Å²) < 4.78 is 8.43. The summed E-state index contributed by atoms with van der Waals surface area (Å²) in [4.78, 5) is 45.3. The van der Waals surface area contributed by atoms with E-state index in [0.29, 0.717) is 32.4 Å². The lowest BCUT2D eigenvalue weighted by Gasteiger charge is -2.00. The summed E-state index contributed by atoms with van der Waals surface area (Å²) in [7, 11) is 1.22. The van der Waals surface area contributed by atoms with Gasteiger partial charge < -0.3 is 9.84 Å². The van der Waals surface area contributed by atoms with Crippen molar-refractivity contribution < 1.29 is 19.4 Å². The van der Waals surface area contributed by atoms with Gasteiger partial charge in [0.2, 0.25) is 0 Å². The van der Waals surface area contributed by atoms with Gasteiger partial charge in [0.15, 0.2) is 0 Å². The van der Waals surface area contributed by atoms with E-state index in [1.165, 1.54) is 7.11 Å². The number of nitrogens with zero attached hydrogens (tertiary/aromatic N) is 8. The minimum Gasteiger partial charge on any atom is -0.478 e. The van der Waals surface area contributed by atoms with Gasteiger partial charge in [0.1, 0.15) is 0 Å². The van der Waals surface area contributed by atoms with Crippen molar-refractivity contribution in [3.05, 3.63) is 33.1 Å². The Balaban J connectivity index is 1.80. The number of rotatable bonds is 10. The summed E-state index contributed by atoms with van der Waals surface area (Å²) in [5.41, 5.74) is -1.04. The fourth-order valence-corrected chi connectivity index (χ4v) is 2.07. The second-order valence-electron chi connectivity index (χ2n) is 5.41. The molecule has 0 radical (unpaired) electrons. The van der Waals surface area contributed by atoms with Gasteiger partial charge in [-0.25, -0.2) is 19.2 Å². The van der Waals surface area contributed by atoms with E-state index in [1.54, 1.807) is 0 Å². The van der Waals surface area contributed by atoms with Crippen molar-refractivity contribution in [2.45, 2.75) is 32.4 Å². The second-order valence-corrected chi connectivity index (χ2v) is 5.41.